The summed E-state index contributed by atoms with van der Waals surface area (Å²) in [5, 5.41) is 17.1. The van der Waals surface area contributed by atoms with Crippen molar-refractivity contribution in [3.63, 3.8) is 0 Å². The van der Waals surface area contributed by atoms with Gasteiger partial charge in [0.1, 0.15) is 4.83 Å². The lowest BCUT2D eigenvalue weighted by Gasteiger charge is -2.25. The van der Waals surface area contributed by atoms with Crippen LogP contribution in [0.3, 0.4) is 0 Å². The number of aryl methyl sites for hydroxylation is 1. The molecule has 0 spiro atoms. The van der Waals surface area contributed by atoms with E-state index >= 15 is 0 Å². The molecule has 1 fully saturated rings. The summed E-state index contributed by atoms with van der Waals surface area (Å²) in [4.78, 5) is 11.3. The molecule has 0 unspecified atom stereocenters. The Balaban J connectivity index is 1.49. The number of aromatic nitrogens is 4. The molecule has 0 aliphatic carbocycles. The van der Waals surface area contributed by atoms with E-state index in [0.29, 0.717) is 0 Å². The number of ether oxygens (including phenoxy) is 1. The third-order valence-corrected chi connectivity index (χ3v) is 6.39. The Hall–Kier alpha value is -2.35. The first-order valence-electron chi connectivity index (χ1n) is 9.13. The molecule has 27 heavy (non-hydrogen) atoms. The molecule has 138 valence electrons. The summed E-state index contributed by atoms with van der Waals surface area (Å²) in [5.41, 5.74) is 2.71. The lowest BCUT2D eigenvalue weighted by molar-refractivity contribution is 0.00856. The average molecular weight is 380 g/mol. The maximum Gasteiger partial charge on any atom is 0.157 e. The van der Waals surface area contributed by atoms with Gasteiger partial charge in [-0.05, 0) is 43.0 Å². The molecular formula is C20H20N4O2S. The third-order valence-electron chi connectivity index (χ3n) is 5.27. The minimum atomic E-state index is -0.440. The van der Waals surface area contributed by atoms with Gasteiger partial charge in [-0.25, -0.2) is 9.97 Å². The van der Waals surface area contributed by atoms with E-state index in [9.17, 15) is 5.11 Å². The Morgan fingerprint density at radius 3 is 2.89 bits per heavy atom. The Morgan fingerprint density at radius 2 is 2.04 bits per heavy atom. The van der Waals surface area contributed by atoms with Crippen molar-refractivity contribution in [2.45, 2.75) is 18.9 Å². The highest BCUT2D eigenvalue weighted by Crippen LogP contribution is 2.37. The van der Waals surface area contributed by atoms with Crippen LogP contribution in [-0.4, -0.2) is 38.1 Å². The van der Waals surface area contributed by atoms with Gasteiger partial charge in [-0.3, -0.25) is 4.68 Å². The van der Waals surface area contributed by atoms with Crippen LogP contribution in [0.4, 0.5) is 0 Å². The molecule has 0 bridgehead atoms. The summed E-state index contributed by atoms with van der Waals surface area (Å²) < 4.78 is 7.17. The number of rotatable bonds is 3. The van der Waals surface area contributed by atoms with Crippen LogP contribution >= 0.6 is 11.3 Å². The maximum absolute atomic E-state index is 10.8. The van der Waals surface area contributed by atoms with E-state index in [1.807, 2.05) is 25.5 Å². The number of nitrogens with zero attached hydrogens (tertiary/aromatic N) is 4. The van der Waals surface area contributed by atoms with Crippen molar-refractivity contribution in [1.29, 1.82) is 0 Å². The molecule has 1 N–H and O–H groups in total. The highest BCUT2D eigenvalue weighted by molar-refractivity contribution is 7.18. The molecule has 1 aliphatic rings. The van der Waals surface area contributed by atoms with Gasteiger partial charge in [-0.2, -0.15) is 5.10 Å². The van der Waals surface area contributed by atoms with Crippen molar-refractivity contribution < 1.29 is 9.84 Å². The molecule has 5 heterocycles. The van der Waals surface area contributed by atoms with Crippen molar-refractivity contribution in [3.05, 3.63) is 41.5 Å². The molecule has 5 rings (SSSR count). The molecule has 0 amide bonds. The molecular weight excluding hydrogens is 360 g/mol. The van der Waals surface area contributed by atoms with E-state index in [4.69, 9.17) is 9.72 Å². The minimum absolute atomic E-state index is 0.267. The van der Waals surface area contributed by atoms with Crippen molar-refractivity contribution in [1.82, 2.24) is 19.7 Å². The van der Waals surface area contributed by atoms with E-state index in [1.54, 1.807) is 16.0 Å². The van der Waals surface area contributed by atoms with E-state index in [1.165, 1.54) is 0 Å². The SMILES string of the molecule is Cn1ncc2cc(-c3ccc4cc([C@H](O)C5CCOCC5)sc4n3)cnc21. The number of thiophene rings is 1. The summed E-state index contributed by atoms with van der Waals surface area (Å²) in [6.07, 6.45) is 5.03. The summed E-state index contributed by atoms with van der Waals surface area (Å²) >= 11 is 1.58. The molecule has 0 aromatic carbocycles. The summed E-state index contributed by atoms with van der Waals surface area (Å²) in [5.74, 6) is 0.267. The van der Waals surface area contributed by atoms with Gasteiger partial charge in [0.2, 0.25) is 0 Å². The summed E-state index contributed by atoms with van der Waals surface area (Å²) in [6.45, 7) is 1.47. The average Bonchev–Trinajstić information content (AvgIpc) is 3.31. The number of aliphatic hydroxyl groups excluding tert-OH is 1. The highest BCUT2D eigenvalue weighted by Gasteiger charge is 2.25. The third kappa shape index (κ3) is 3.01. The standard InChI is InChI=1S/C20H20N4O2S/c1-24-19-15(11-22-24)8-14(10-21-19)16-3-2-13-9-17(27-20(13)23-16)18(25)12-4-6-26-7-5-12/h2-3,8-12,18,25H,4-7H2,1H3/t18-/m1/s1. The zero-order chi connectivity index (χ0) is 18.4. The Kier molecular flexibility index (Phi) is 4.15. The molecule has 7 heteroatoms. The van der Waals surface area contributed by atoms with Crippen LogP contribution in [0.5, 0.6) is 0 Å². The summed E-state index contributed by atoms with van der Waals surface area (Å²) in [6, 6.07) is 8.22. The monoisotopic (exact) mass is 380 g/mol. The predicted octanol–water partition coefficient (Wildman–Crippen LogP) is 3.71. The number of hydrogen-bond acceptors (Lipinski definition) is 6. The van der Waals surface area contributed by atoms with Gasteiger partial charge in [-0.1, -0.05) is 0 Å². The van der Waals surface area contributed by atoms with Crippen molar-refractivity contribution >= 4 is 32.6 Å². The van der Waals surface area contributed by atoms with Crippen LogP contribution in [0.15, 0.2) is 36.7 Å². The fourth-order valence-electron chi connectivity index (χ4n) is 3.69. The topological polar surface area (TPSA) is 73.1 Å². The lowest BCUT2D eigenvalue weighted by Crippen LogP contribution is -2.21. The van der Waals surface area contributed by atoms with Crippen LogP contribution < -0.4 is 0 Å². The van der Waals surface area contributed by atoms with Crippen molar-refractivity contribution in [3.8, 4) is 11.3 Å². The van der Waals surface area contributed by atoms with Crippen LogP contribution in [0.1, 0.15) is 23.8 Å². The molecule has 1 saturated heterocycles. The van der Waals surface area contributed by atoms with E-state index in [2.05, 4.69) is 28.3 Å². The Labute approximate surface area is 160 Å². The van der Waals surface area contributed by atoms with Crippen LogP contribution in [0.2, 0.25) is 0 Å². The van der Waals surface area contributed by atoms with Gasteiger partial charge in [0.15, 0.2) is 5.65 Å². The number of hydrogen-bond donors (Lipinski definition) is 1. The van der Waals surface area contributed by atoms with E-state index in [0.717, 1.165) is 63.4 Å². The maximum atomic E-state index is 10.8. The normalized spacial score (nSPS) is 17.0. The van der Waals surface area contributed by atoms with Crippen molar-refractivity contribution in [2.75, 3.05) is 13.2 Å². The van der Waals surface area contributed by atoms with Gasteiger partial charge >= 0.3 is 0 Å². The van der Waals surface area contributed by atoms with Crippen molar-refractivity contribution in [2.24, 2.45) is 13.0 Å². The second-order valence-corrected chi connectivity index (χ2v) is 8.10. The zero-order valence-electron chi connectivity index (χ0n) is 15.0. The summed E-state index contributed by atoms with van der Waals surface area (Å²) in [7, 11) is 1.89. The number of pyridine rings is 2. The zero-order valence-corrected chi connectivity index (χ0v) is 15.8. The fraction of sp³-hybridized carbons (Fsp3) is 0.350. The second kappa shape index (κ2) is 6.67. The van der Waals surface area contributed by atoms with Crippen LogP contribution in [-0.2, 0) is 11.8 Å². The first-order valence-corrected chi connectivity index (χ1v) is 9.95. The highest BCUT2D eigenvalue weighted by atomic mass is 32.1. The molecule has 4 aromatic heterocycles. The molecule has 0 saturated carbocycles. The molecule has 6 nitrogen and oxygen atoms in total. The van der Waals surface area contributed by atoms with E-state index in [-0.39, 0.29) is 5.92 Å². The van der Waals surface area contributed by atoms with E-state index < -0.39 is 6.10 Å². The first-order chi connectivity index (χ1) is 13.2. The smallest absolute Gasteiger partial charge is 0.157 e. The predicted molar refractivity (Wildman–Crippen MR) is 106 cm³/mol. The largest absolute Gasteiger partial charge is 0.387 e. The Morgan fingerprint density at radius 1 is 1.19 bits per heavy atom. The van der Waals surface area contributed by atoms with Gasteiger partial charge < -0.3 is 9.84 Å². The van der Waals surface area contributed by atoms with Gasteiger partial charge in [0.05, 0.1) is 18.0 Å². The molecule has 0 radical (unpaired) electrons. The first kappa shape index (κ1) is 16.8. The van der Waals surface area contributed by atoms with Gasteiger partial charge in [0.25, 0.3) is 0 Å². The minimum Gasteiger partial charge on any atom is -0.387 e. The second-order valence-electron chi connectivity index (χ2n) is 7.04. The molecule has 1 aliphatic heterocycles. The number of fused-ring (bicyclic) bond motifs is 2. The van der Waals surface area contributed by atoms with Crippen LogP contribution in [0, 0.1) is 5.92 Å². The van der Waals surface area contributed by atoms with Gasteiger partial charge in [0, 0.05) is 47.7 Å². The molecule has 1 atom stereocenters. The van der Waals surface area contributed by atoms with Crippen LogP contribution in [0.25, 0.3) is 32.5 Å². The Bertz CT molecular complexity index is 1110. The van der Waals surface area contributed by atoms with Gasteiger partial charge in [-0.15, -0.1) is 11.3 Å². The fourth-order valence-corrected chi connectivity index (χ4v) is 4.80. The quantitative estimate of drug-likeness (QED) is 0.587. The number of aliphatic hydroxyl groups is 1. The lowest BCUT2D eigenvalue weighted by atomic mass is 9.93. The molecule has 4 aromatic rings.